The van der Waals surface area contributed by atoms with E-state index >= 15 is 0 Å². The summed E-state index contributed by atoms with van der Waals surface area (Å²) in [6, 6.07) is 16.4. The molecule has 142 valence electrons. The standard InChI is InChI=1S/C22H22N4O2/c1-14-6-4-9-20(15(14)2)26-22(28)17-10-11-23-21(12-17)25-19-8-5-7-18(13-19)24-16(3)27/h4-13H,1-3H3,(H,23,25)(H,24,27)(H,26,28). The zero-order valence-corrected chi connectivity index (χ0v) is 16.0. The van der Waals surface area contributed by atoms with Crippen LogP contribution in [0.15, 0.2) is 60.8 Å². The van der Waals surface area contributed by atoms with Crippen LogP contribution in [-0.2, 0) is 4.79 Å². The molecule has 0 fully saturated rings. The first-order valence-corrected chi connectivity index (χ1v) is 8.90. The van der Waals surface area contributed by atoms with Crippen LogP contribution < -0.4 is 16.0 Å². The minimum atomic E-state index is -0.203. The van der Waals surface area contributed by atoms with Gasteiger partial charge >= 0.3 is 0 Å². The Balaban J connectivity index is 1.76. The van der Waals surface area contributed by atoms with Crippen LogP contribution in [0.5, 0.6) is 0 Å². The highest BCUT2D eigenvalue weighted by molar-refractivity contribution is 6.05. The van der Waals surface area contributed by atoms with Crippen molar-refractivity contribution in [3.63, 3.8) is 0 Å². The number of anilines is 4. The van der Waals surface area contributed by atoms with Gasteiger partial charge in [-0.05, 0) is 61.4 Å². The van der Waals surface area contributed by atoms with Crippen molar-refractivity contribution in [2.24, 2.45) is 0 Å². The molecule has 0 radical (unpaired) electrons. The number of aromatic nitrogens is 1. The van der Waals surface area contributed by atoms with Crippen molar-refractivity contribution >= 4 is 34.7 Å². The van der Waals surface area contributed by atoms with Crippen molar-refractivity contribution in [3.05, 3.63) is 77.5 Å². The molecule has 3 N–H and O–H groups in total. The first-order chi connectivity index (χ1) is 13.4. The highest BCUT2D eigenvalue weighted by Crippen LogP contribution is 2.21. The maximum absolute atomic E-state index is 12.6. The molecule has 1 aromatic heterocycles. The zero-order chi connectivity index (χ0) is 20.1. The van der Waals surface area contributed by atoms with E-state index in [1.807, 2.05) is 44.2 Å². The van der Waals surface area contributed by atoms with Crippen LogP contribution in [0.2, 0.25) is 0 Å². The lowest BCUT2D eigenvalue weighted by molar-refractivity contribution is -0.114. The topological polar surface area (TPSA) is 83.1 Å². The first-order valence-electron chi connectivity index (χ1n) is 8.90. The summed E-state index contributed by atoms with van der Waals surface area (Å²) < 4.78 is 0. The number of hydrogen-bond donors (Lipinski definition) is 3. The summed E-state index contributed by atoms with van der Waals surface area (Å²) in [7, 11) is 0. The molecule has 2 amide bonds. The second-order valence-corrected chi connectivity index (χ2v) is 6.52. The second-order valence-electron chi connectivity index (χ2n) is 6.52. The molecule has 0 aliphatic heterocycles. The Morgan fingerprint density at radius 2 is 1.64 bits per heavy atom. The molecule has 0 aliphatic carbocycles. The summed E-state index contributed by atoms with van der Waals surface area (Å²) in [5.74, 6) is 0.195. The van der Waals surface area contributed by atoms with Crippen LogP contribution in [0, 0.1) is 13.8 Å². The lowest BCUT2D eigenvalue weighted by Gasteiger charge is -2.12. The van der Waals surface area contributed by atoms with Gasteiger partial charge in [-0.3, -0.25) is 9.59 Å². The molecule has 0 saturated carbocycles. The lowest BCUT2D eigenvalue weighted by Crippen LogP contribution is -2.13. The molecule has 3 rings (SSSR count). The molecule has 0 saturated heterocycles. The number of aryl methyl sites for hydroxylation is 1. The zero-order valence-electron chi connectivity index (χ0n) is 16.0. The van der Waals surface area contributed by atoms with Gasteiger partial charge in [0.15, 0.2) is 0 Å². The van der Waals surface area contributed by atoms with Crippen LogP contribution >= 0.6 is 0 Å². The van der Waals surface area contributed by atoms with Crippen molar-refractivity contribution in [1.29, 1.82) is 0 Å². The number of rotatable bonds is 5. The van der Waals surface area contributed by atoms with E-state index in [4.69, 9.17) is 0 Å². The predicted molar refractivity (Wildman–Crippen MR) is 112 cm³/mol. The molecule has 6 heteroatoms. The van der Waals surface area contributed by atoms with Gasteiger partial charge in [0.2, 0.25) is 5.91 Å². The summed E-state index contributed by atoms with van der Waals surface area (Å²) in [5, 5.41) is 8.84. The third kappa shape index (κ3) is 4.73. The van der Waals surface area contributed by atoms with Gasteiger partial charge in [-0.2, -0.15) is 0 Å². The molecule has 1 heterocycles. The van der Waals surface area contributed by atoms with Crippen molar-refractivity contribution < 1.29 is 9.59 Å². The molecule has 3 aromatic rings. The van der Waals surface area contributed by atoms with Crippen molar-refractivity contribution in [2.75, 3.05) is 16.0 Å². The predicted octanol–water partition coefficient (Wildman–Crippen LogP) is 4.65. The van der Waals surface area contributed by atoms with Crippen LogP contribution in [0.3, 0.4) is 0 Å². The number of pyridine rings is 1. The Morgan fingerprint density at radius 3 is 2.43 bits per heavy atom. The molecule has 0 unspecified atom stereocenters. The number of carbonyl (C=O) groups is 2. The van der Waals surface area contributed by atoms with E-state index in [0.717, 1.165) is 22.5 Å². The molecular formula is C22H22N4O2. The SMILES string of the molecule is CC(=O)Nc1cccc(Nc2cc(C(=O)Nc3cccc(C)c3C)ccn2)c1. The number of nitrogens with zero attached hydrogens (tertiary/aromatic N) is 1. The van der Waals surface area contributed by atoms with Crippen molar-refractivity contribution in [2.45, 2.75) is 20.8 Å². The normalized spacial score (nSPS) is 10.2. The Morgan fingerprint density at radius 1 is 0.893 bits per heavy atom. The van der Waals surface area contributed by atoms with Gasteiger partial charge in [0.05, 0.1) is 0 Å². The van der Waals surface area contributed by atoms with E-state index in [1.165, 1.54) is 6.92 Å². The third-order valence-electron chi connectivity index (χ3n) is 4.33. The number of nitrogens with one attached hydrogen (secondary N) is 3. The summed E-state index contributed by atoms with van der Waals surface area (Å²) >= 11 is 0. The van der Waals surface area contributed by atoms with Gasteiger partial charge in [0, 0.05) is 35.7 Å². The smallest absolute Gasteiger partial charge is 0.255 e. The highest BCUT2D eigenvalue weighted by Gasteiger charge is 2.10. The number of carbonyl (C=O) groups excluding carboxylic acids is 2. The molecule has 0 spiro atoms. The van der Waals surface area contributed by atoms with E-state index in [0.29, 0.717) is 17.1 Å². The average Bonchev–Trinajstić information content (AvgIpc) is 2.65. The molecule has 6 nitrogen and oxygen atoms in total. The van der Waals surface area contributed by atoms with Crippen molar-refractivity contribution in [1.82, 2.24) is 4.98 Å². The van der Waals surface area contributed by atoms with Crippen molar-refractivity contribution in [3.8, 4) is 0 Å². The Hall–Kier alpha value is -3.67. The third-order valence-corrected chi connectivity index (χ3v) is 4.33. The monoisotopic (exact) mass is 374 g/mol. The maximum Gasteiger partial charge on any atom is 0.255 e. The summed E-state index contributed by atoms with van der Waals surface area (Å²) in [6.07, 6.45) is 1.58. The van der Waals surface area contributed by atoms with Gasteiger partial charge in [-0.25, -0.2) is 4.98 Å². The van der Waals surface area contributed by atoms with Gasteiger partial charge in [0.1, 0.15) is 5.82 Å². The van der Waals surface area contributed by atoms with Crippen LogP contribution in [-0.4, -0.2) is 16.8 Å². The number of hydrogen-bond acceptors (Lipinski definition) is 4. The van der Waals surface area contributed by atoms with E-state index in [-0.39, 0.29) is 11.8 Å². The average molecular weight is 374 g/mol. The lowest BCUT2D eigenvalue weighted by atomic mass is 10.1. The highest BCUT2D eigenvalue weighted by atomic mass is 16.2. The molecular weight excluding hydrogens is 352 g/mol. The van der Waals surface area contributed by atoms with Gasteiger partial charge in [-0.15, -0.1) is 0 Å². The fourth-order valence-electron chi connectivity index (χ4n) is 2.75. The van der Waals surface area contributed by atoms with Crippen LogP contribution in [0.25, 0.3) is 0 Å². The van der Waals surface area contributed by atoms with Crippen LogP contribution in [0.1, 0.15) is 28.4 Å². The summed E-state index contributed by atoms with van der Waals surface area (Å²) in [6.45, 7) is 5.45. The van der Waals surface area contributed by atoms with Gasteiger partial charge < -0.3 is 16.0 Å². The Kier molecular flexibility index (Phi) is 5.69. The van der Waals surface area contributed by atoms with Crippen LogP contribution in [0.4, 0.5) is 22.9 Å². The second kappa shape index (κ2) is 8.35. The largest absolute Gasteiger partial charge is 0.340 e. The molecule has 0 aliphatic rings. The number of amides is 2. The minimum absolute atomic E-state index is 0.139. The molecule has 0 atom stereocenters. The fraction of sp³-hybridized carbons (Fsp3) is 0.136. The van der Waals surface area contributed by atoms with E-state index in [9.17, 15) is 9.59 Å². The Bertz CT molecular complexity index is 1030. The Labute approximate surface area is 164 Å². The first kappa shape index (κ1) is 19.1. The molecule has 0 bridgehead atoms. The van der Waals surface area contributed by atoms with E-state index in [1.54, 1.807) is 30.5 Å². The molecule has 2 aromatic carbocycles. The van der Waals surface area contributed by atoms with E-state index < -0.39 is 0 Å². The fourth-order valence-corrected chi connectivity index (χ4v) is 2.75. The minimum Gasteiger partial charge on any atom is -0.340 e. The maximum atomic E-state index is 12.6. The quantitative estimate of drug-likeness (QED) is 0.607. The van der Waals surface area contributed by atoms with Gasteiger partial charge in [0.25, 0.3) is 5.91 Å². The van der Waals surface area contributed by atoms with E-state index in [2.05, 4.69) is 20.9 Å². The molecule has 28 heavy (non-hydrogen) atoms. The van der Waals surface area contributed by atoms with Gasteiger partial charge in [-0.1, -0.05) is 18.2 Å². The number of benzene rings is 2. The summed E-state index contributed by atoms with van der Waals surface area (Å²) in [4.78, 5) is 28.1. The summed E-state index contributed by atoms with van der Waals surface area (Å²) in [5.41, 5.74) is 4.88.